The summed E-state index contributed by atoms with van der Waals surface area (Å²) in [5.74, 6) is 0.0658. The molecule has 3 nitrogen and oxygen atoms in total. The lowest BCUT2D eigenvalue weighted by molar-refractivity contribution is 0.0988. The third kappa shape index (κ3) is 3.16. The highest BCUT2D eigenvalue weighted by atomic mass is 35.5. The molecule has 1 aliphatic heterocycles. The maximum absolute atomic E-state index is 12.8. The van der Waals surface area contributed by atoms with Crippen LogP contribution in [0.2, 0.25) is 0 Å². The Hall–Kier alpha value is -1.84. The number of carbonyl (C=O) groups excluding carboxylic acids is 1. The average molecular weight is 317 g/mol. The van der Waals surface area contributed by atoms with Crippen molar-refractivity contribution in [2.45, 2.75) is 26.9 Å². The van der Waals surface area contributed by atoms with Crippen molar-refractivity contribution in [3.8, 4) is 0 Å². The van der Waals surface area contributed by atoms with Crippen LogP contribution in [0.3, 0.4) is 0 Å². The van der Waals surface area contributed by atoms with Crippen LogP contribution in [0.4, 0.5) is 5.69 Å². The van der Waals surface area contributed by atoms with Crippen LogP contribution in [0, 0.1) is 6.92 Å². The zero-order valence-corrected chi connectivity index (χ0v) is 13.7. The van der Waals surface area contributed by atoms with Gasteiger partial charge in [0.1, 0.15) is 0 Å². The van der Waals surface area contributed by atoms with Crippen LogP contribution < -0.4 is 10.2 Å². The number of aryl methyl sites for hydroxylation is 1. The molecule has 0 atom stereocenters. The van der Waals surface area contributed by atoms with E-state index in [1.54, 1.807) is 0 Å². The second-order valence-electron chi connectivity index (χ2n) is 5.47. The van der Waals surface area contributed by atoms with Gasteiger partial charge in [0.05, 0.1) is 0 Å². The first-order chi connectivity index (χ1) is 10.2. The molecule has 0 spiro atoms. The molecule has 4 heteroatoms. The van der Waals surface area contributed by atoms with Crippen molar-refractivity contribution in [2.75, 3.05) is 11.4 Å². The van der Waals surface area contributed by atoms with E-state index in [0.717, 1.165) is 24.3 Å². The van der Waals surface area contributed by atoms with E-state index in [4.69, 9.17) is 0 Å². The molecule has 0 radical (unpaired) electrons. The number of nitrogens with one attached hydrogen (secondary N) is 1. The number of hydrogen-bond acceptors (Lipinski definition) is 2. The molecule has 0 saturated carbocycles. The second kappa shape index (κ2) is 6.95. The quantitative estimate of drug-likeness (QED) is 0.936. The lowest BCUT2D eigenvalue weighted by Gasteiger charge is -2.21. The van der Waals surface area contributed by atoms with Gasteiger partial charge in [-0.3, -0.25) is 4.79 Å². The van der Waals surface area contributed by atoms with Crippen LogP contribution in [0.1, 0.15) is 34.0 Å². The van der Waals surface area contributed by atoms with Gasteiger partial charge in [0.15, 0.2) is 0 Å². The molecule has 1 aliphatic rings. The summed E-state index contributed by atoms with van der Waals surface area (Å²) in [5.41, 5.74) is 5.45. The van der Waals surface area contributed by atoms with E-state index < -0.39 is 0 Å². The van der Waals surface area contributed by atoms with Gasteiger partial charge in [-0.15, -0.1) is 12.4 Å². The predicted octanol–water partition coefficient (Wildman–Crippen LogP) is 3.69. The standard InChI is InChI=1S/C18H20N2O.ClH/c1-3-20(17-8-4-13(2)5-9-17)18(21)14-6-7-15-11-19-12-16(15)10-14;/h4-10,19H,3,11-12H2,1-2H3;1H. The van der Waals surface area contributed by atoms with E-state index in [0.29, 0.717) is 6.54 Å². The predicted molar refractivity (Wildman–Crippen MR) is 92.8 cm³/mol. The van der Waals surface area contributed by atoms with E-state index in [1.165, 1.54) is 16.7 Å². The van der Waals surface area contributed by atoms with Crippen molar-refractivity contribution >= 4 is 24.0 Å². The Labute approximate surface area is 137 Å². The fourth-order valence-electron chi connectivity index (χ4n) is 2.75. The molecular formula is C18H21ClN2O. The molecule has 0 bridgehead atoms. The number of hydrogen-bond donors (Lipinski definition) is 1. The van der Waals surface area contributed by atoms with Crippen molar-refractivity contribution in [3.05, 3.63) is 64.7 Å². The minimum Gasteiger partial charge on any atom is -0.309 e. The summed E-state index contributed by atoms with van der Waals surface area (Å²) in [4.78, 5) is 14.6. The number of anilines is 1. The van der Waals surface area contributed by atoms with Gasteiger partial charge in [-0.2, -0.15) is 0 Å². The molecule has 3 rings (SSSR count). The van der Waals surface area contributed by atoms with Gasteiger partial charge < -0.3 is 10.2 Å². The van der Waals surface area contributed by atoms with Crippen molar-refractivity contribution in [1.82, 2.24) is 5.32 Å². The first-order valence-electron chi connectivity index (χ1n) is 7.40. The number of halogens is 1. The van der Waals surface area contributed by atoms with Crippen molar-refractivity contribution in [2.24, 2.45) is 0 Å². The molecule has 2 aromatic carbocycles. The van der Waals surface area contributed by atoms with Gasteiger partial charge in [0.2, 0.25) is 0 Å². The SMILES string of the molecule is CCN(C(=O)c1ccc2c(c1)CNC2)c1ccc(C)cc1.Cl. The molecule has 1 N–H and O–H groups in total. The summed E-state index contributed by atoms with van der Waals surface area (Å²) in [7, 11) is 0. The normalized spacial score (nSPS) is 12.5. The lowest BCUT2D eigenvalue weighted by atomic mass is 10.1. The molecule has 0 saturated heterocycles. The molecule has 116 valence electrons. The molecular weight excluding hydrogens is 296 g/mol. The molecule has 2 aromatic rings. The van der Waals surface area contributed by atoms with Gasteiger partial charge in [-0.1, -0.05) is 23.8 Å². The van der Waals surface area contributed by atoms with Crippen LogP contribution in [0.25, 0.3) is 0 Å². The summed E-state index contributed by atoms with van der Waals surface area (Å²) in [6.07, 6.45) is 0. The molecule has 1 amide bonds. The third-order valence-corrected chi connectivity index (χ3v) is 3.99. The number of rotatable bonds is 3. The Morgan fingerprint density at radius 3 is 2.45 bits per heavy atom. The zero-order chi connectivity index (χ0) is 14.8. The number of benzene rings is 2. The Balaban J connectivity index is 0.00000176. The number of fused-ring (bicyclic) bond motifs is 1. The van der Waals surface area contributed by atoms with E-state index in [-0.39, 0.29) is 18.3 Å². The Kier molecular flexibility index (Phi) is 5.22. The number of carbonyl (C=O) groups is 1. The maximum Gasteiger partial charge on any atom is 0.258 e. The number of amides is 1. The first kappa shape index (κ1) is 16.5. The second-order valence-corrected chi connectivity index (χ2v) is 5.47. The highest BCUT2D eigenvalue weighted by Gasteiger charge is 2.18. The molecule has 22 heavy (non-hydrogen) atoms. The van der Waals surface area contributed by atoms with E-state index in [9.17, 15) is 4.79 Å². The minimum absolute atomic E-state index is 0. The largest absolute Gasteiger partial charge is 0.309 e. The monoisotopic (exact) mass is 316 g/mol. The van der Waals surface area contributed by atoms with Crippen LogP contribution in [-0.2, 0) is 13.1 Å². The van der Waals surface area contributed by atoms with Gasteiger partial charge >= 0.3 is 0 Å². The molecule has 0 aliphatic carbocycles. The summed E-state index contributed by atoms with van der Waals surface area (Å²) < 4.78 is 0. The highest BCUT2D eigenvalue weighted by molar-refractivity contribution is 6.06. The van der Waals surface area contributed by atoms with Gasteiger partial charge in [-0.25, -0.2) is 0 Å². The lowest BCUT2D eigenvalue weighted by Crippen LogP contribution is -2.30. The molecule has 0 aromatic heterocycles. The minimum atomic E-state index is 0. The van der Waals surface area contributed by atoms with Gasteiger partial charge in [-0.05, 0) is 49.2 Å². The van der Waals surface area contributed by atoms with E-state index in [1.807, 2.05) is 48.2 Å². The molecule has 0 unspecified atom stereocenters. The summed E-state index contributed by atoms with van der Waals surface area (Å²) >= 11 is 0. The summed E-state index contributed by atoms with van der Waals surface area (Å²) in [5, 5.41) is 3.31. The van der Waals surface area contributed by atoms with Gasteiger partial charge in [0, 0.05) is 30.9 Å². The average Bonchev–Trinajstić information content (AvgIpc) is 2.97. The Bertz CT molecular complexity index is 667. The van der Waals surface area contributed by atoms with Crippen LogP contribution >= 0.6 is 12.4 Å². The highest BCUT2D eigenvalue weighted by Crippen LogP contribution is 2.21. The van der Waals surface area contributed by atoms with Crippen LogP contribution in [0.5, 0.6) is 0 Å². The fraction of sp³-hybridized carbons (Fsp3) is 0.278. The van der Waals surface area contributed by atoms with E-state index >= 15 is 0 Å². The number of nitrogens with zero attached hydrogens (tertiary/aromatic N) is 1. The van der Waals surface area contributed by atoms with E-state index in [2.05, 4.69) is 18.3 Å². The summed E-state index contributed by atoms with van der Waals surface area (Å²) in [6.45, 7) is 6.48. The maximum atomic E-state index is 12.8. The fourth-order valence-corrected chi connectivity index (χ4v) is 2.75. The smallest absolute Gasteiger partial charge is 0.258 e. The zero-order valence-electron chi connectivity index (χ0n) is 12.9. The Morgan fingerprint density at radius 1 is 1.09 bits per heavy atom. The van der Waals surface area contributed by atoms with Crippen molar-refractivity contribution in [1.29, 1.82) is 0 Å². The molecule has 1 heterocycles. The van der Waals surface area contributed by atoms with Crippen molar-refractivity contribution in [3.63, 3.8) is 0 Å². The third-order valence-electron chi connectivity index (χ3n) is 3.99. The van der Waals surface area contributed by atoms with Crippen LogP contribution in [-0.4, -0.2) is 12.5 Å². The first-order valence-corrected chi connectivity index (χ1v) is 7.40. The topological polar surface area (TPSA) is 32.3 Å². The summed E-state index contributed by atoms with van der Waals surface area (Å²) in [6, 6.07) is 14.1. The van der Waals surface area contributed by atoms with Crippen LogP contribution in [0.15, 0.2) is 42.5 Å². The Morgan fingerprint density at radius 2 is 1.77 bits per heavy atom. The van der Waals surface area contributed by atoms with Gasteiger partial charge in [0.25, 0.3) is 5.91 Å². The van der Waals surface area contributed by atoms with Crippen molar-refractivity contribution < 1.29 is 4.79 Å². The molecule has 0 fully saturated rings.